The van der Waals surface area contributed by atoms with E-state index in [0.29, 0.717) is 11.4 Å². The number of aryl methyl sites for hydroxylation is 1. The SMILES string of the molecule is C=C(C(=NN(C(N)=S)c1ccc(C)cc1)c1ccccn1)c1ccccc1. The van der Waals surface area contributed by atoms with Gasteiger partial charge < -0.3 is 5.73 Å². The number of benzene rings is 2. The number of anilines is 1. The molecule has 0 aliphatic carbocycles. The molecule has 0 spiro atoms. The number of pyridine rings is 1. The molecule has 0 saturated carbocycles. The molecule has 0 aliphatic heterocycles. The highest BCUT2D eigenvalue weighted by atomic mass is 32.1. The Morgan fingerprint density at radius 2 is 1.67 bits per heavy atom. The number of thiocarbonyl (C=S) groups is 1. The Labute approximate surface area is 164 Å². The molecule has 134 valence electrons. The van der Waals surface area contributed by atoms with Gasteiger partial charge in [-0.3, -0.25) is 4.98 Å². The summed E-state index contributed by atoms with van der Waals surface area (Å²) < 4.78 is 0. The topological polar surface area (TPSA) is 54.5 Å². The average molecular weight is 372 g/mol. The van der Waals surface area contributed by atoms with Crippen molar-refractivity contribution in [3.63, 3.8) is 0 Å². The van der Waals surface area contributed by atoms with Gasteiger partial charge in [0.1, 0.15) is 5.71 Å². The first-order chi connectivity index (χ1) is 13.1. The molecule has 1 heterocycles. The van der Waals surface area contributed by atoms with Gasteiger partial charge in [0.05, 0.1) is 11.4 Å². The van der Waals surface area contributed by atoms with Gasteiger partial charge in [-0.05, 0) is 49.0 Å². The first-order valence-electron chi connectivity index (χ1n) is 8.47. The first-order valence-corrected chi connectivity index (χ1v) is 8.88. The van der Waals surface area contributed by atoms with Crippen LogP contribution < -0.4 is 10.7 Å². The lowest BCUT2D eigenvalue weighted by molar-refractivity contribution is 1.12. The monoisotopic (exact) mass is 372 g/mol. The zero-order valence-corrected chi connectivity index (χ0v) is 15.9. The van der Waals surface area contributed by atoms with Gasteiger partial charge in [-0.25, -0.2) is 5.01 Å². The Hall–Kier alpha value is -3.31. The van der Waals surface area contributed by atoms with Crippen LogP contribution in [0.4, 0.5) is 5.69 Å². The van der Waals surface area contributed by atoms with Crippen molar-refractivity contribution in [1.82, 2.24) is 4.98 Å². The molecule has 0 amide bonds. The van der Waals surface area contributed by atoms with Gasteiger partial charge in [0.15, 0.2) is 5.11 Å². The molecular weight excluding hydrogens is 352 g/mol. The summed E-state index contributed by atoms with van der Waals surface area (Å²) in [7, 11) is 0. The Balaban J connectivity index is 2.11. The van der Waals surface area contributed by atoms with E-state index in [-0.39, 0.29) is 5.11 Å². The maximum Gasteiger partial charge on any atom is 0.191 e. The molecule has 1 aromatic heterocycles. The van der Waals surface area contributed by atoms with Crippen molar-refractivity contribution in [3.8, 4) is 0 Å². The minimum atomic E-state index is 0.146. The van der Waals surface area contributed by atoms with Gasteiger partial charge in [0.2, 0.25) is 0 Å². The van der Waals surface area contributed by atoms with Crippen LogP contribution in [0.3, 0.4) is 0 Å². The summed E-state index contributed by atoms with van der Waals surface area (Å²) in [6, 6.07) is 23.3. The summed E-state index contributed by atoms with van der Waals surface area (Å²) in [4.78, 5) is 4.44. The minimum Gasteiger partial charge on any atom is -0.374 e. The molecule has 3 aromatic rings. The predicted molar refractivity (Wildman–Crippen MR) is 117 cm³/mol. The highest BCUT2D eigenvalue weighted by molar-refractivity contribution is 7.80. The highest BCUT2D eigenvalue weighted by Gasteiger charge is 2.16. The van der Waals surface area contributed by atoms with Gasteiger partial charge in [0, 0.05) is 11.8 Å². The molecule has 3 rings (SSSR count). The van der Waals surface area contributed by atoms with Crippen LogP contribution in [0.1, 0.15) is 16.8 Å². The third-order valence-electron chi connectivity index (χ3n) is 4.00. The van der Waals surface area contributed by atoms with Crippen LogP contribution in [-0.4, -0.2) is 15.8 Å². The number of allylic oxidation sites excluding steroid dienone is 1. The summed E-state index contributed by atoms with van der Waals surface area (Å²) in [5.74, 6) is 0. The number of nitrogens with zero attached hydrogens (tertiary/aromatic N) is 3. The Bertz CT molecular complexity index is 964. The number of rotatable bonds is 5. The maximum atomic E-state index is 5.97. The van der Waals surface area contributed by atoms with E-state index in [0.717, 1.165) is 22.4 Å². The molecule has 0 saturated heterocycles. The van der Waals surface area contributed by atoms with Gasteiger partial charge in [-0.15, -0.1) is 0 Å². The normalized spacial score (nSPS) is 11.1. The van der Waals surface area contributed by atoms with Crippen LogP contribution in [0.5, 0.6) is 0 Å². The van der Waals surface area contributed by atoms with E-state index in [1.807, 2.05) is 79.7 Å². The van der Waals surface area contributed by atoms with Crippen molar-refractivity contribution in [2.24, 2.45) is 10.8 Å². The first kappa shape index (κ1) is 18.5. The molecule has 2 aromatic carbocycles. The van der Waals surface area contributed by atoms with Crippen LogP contribution in [0.2, 0.25) is 0 Å². The van der Waals surface area contributed by atoms with Gasteiger partial charge >= 0.3 is 0 Å². The summed E-state index contributed by atoms with van der Waals surface area (Å²) in [5, 5.41) is 6.42. The summed E-state index contributed by atoms with van der Waals surface area (Å²) in [6.45, 7) is 6.26. The average Bonchev–Trinajstić information content (AvgIpc) is 2.70. The molecule has 4 nitrogen and oxygen atoms in total. The summed E-state index contributed by atoms with van der Waals surface area (Å²) in [6.07, 6.45) is 1.72. The van der Waals surface area contributed by atoms with Gasteiger partial charge in [-0.1, -0.05) is 60.7 Å². The molecular formula is C22H20N4S. The van der Waals surface area contributed by atoms with Gasteiger partial charge in [0.25, 0.3) is 0 Å². The van der Waals surface area contributed by atoms with Crippen molar-refractivity contribution >= 4 is 34.3 Å². The smallest absolute Gasteiger partial charge is 0.191 e. The molecule has 0 atom stereocenters. The van der Waals surface area contributed by atoms with E-state index >= 15 is 0 Å². The van der Waals surface area contributed by atoms with Crippen LogP contribution >= 0.6 is 12.2 Å². The van der Waals surface area contributed by atoms with Crippen molar-refractivity contribution in [3.05, 3.63) is 102 Å². The van der Waals surface area contributed by atoms with E-state index < -0.39 is 0 Å². The van der Waals surface area contributed by atoms with E-state index in [1.54, 1.807) is 6.20 Å². The van der Waals surface area contributed by atoms with E-state index in [4.69, 9.17) is 23.1 Å². The third-order valence-corrected chi connectivity index (χ3v) is 4.18. The second kappa shape index (κ2) is 8.38. The van der Waals surface area contributed by atoms with Crippen LogP contribution in [0.15, 0.2) is 90.7 Å². The molecule has 0 aliphatic rings. The standard InChI is InChI=1S/C22H20N4S/c1-16-11-13-19(14-12-16)26(22(23)27)25-21(20-10-6-7-15-24-20)17(2)18-8-4-3-5-9-18/h3-15H,2H2,1H3,(H2,23,27). The molecule has 0 fully saturated rings. The van der Waals surface area contributed by atoms with Crippen molar-refractivity contribution < 1.29 is 0 Å². The zero-order valence-electron chi connectivity index (χ0n) is 15.0. The highest BCUT2D eigenvalue weighted by Crippen LogP contribution is 2.21. The van der Waals surface area contributed by atoms with Gasteiger partial charge in [-0.2, -0.15) is 5.10 Å². The predicted octanol–water partition coefficient (Wildman–Crippen LogP) is 4.56. The molecule has 0 bridgehead atoms. The summed E-state index contributed by atoms with van der Waals surface area (Å²) in [5.41, 5.74) is 10.9. The van der Waals surface area contributed by atoms with Crippen molar-refractivity contribution in [2.45, 2.75) is 6.92 Å². The second-order valence-corrected chi connectivity index (χ2v) is 6.41. The van der Waals surface area contributed by atoms with E-state index in [9.17, 15) is 0 Å². The Kier molecular flexibility index (Phi) is 5.74. The number of aromatic nitrogens is 1. The number of hydrogen-bond acceptors (Lipinski definition) is 3. The van der Waals surface area contributed by atoms with Crippen molar-refractivity contribution in [2.75, 3.05) is 5.01 Å². The molecule has 0 radical (unpaired) electrons. The number of hydrazone groups is 1. The molecule has 27 heavy (non-hydrogen) atoms. The Morgan fingerprint density at radius 1 is 1.00 bits per heavy atom. The fourth-order valence-corrected chi connectivity index (χ4v) is 2.71. The Morgan fingerprint density at radius 3 is 2.26 bits per heavy atom. The number of nitrogens with two attached hydrogens (primary N) is 1. The second-order valence-electron chi connectivity index (χ2n) is 5.99. The fourth-order valence-electron chi connectivity index (χ4n) is 2.57. The molecule has 2 N–H and O–H groups in total. The van der Waals surface area contributed by atoms with Crippen LogP contribution in [-0.2, 0) is 0 Å². The lowest BCUT2D eigenvalue weighted by Crippen LogP contribution is -2.32. The largest absolute Gasteiger partial charge is 0.374 e. The zero-order chi connectivity index (χ0) is 19.2. The minimum absolute atomic E-state index is 0.146. The summed E-state index contributed by atoms with van der Waals surface area (Å²) >= 11 is 5.25. The molecule has 5 heteroatoms. The molecule has 0 unspecified atom stereocenters. The number of hydrogen-bond donors (Lipinski definition) is 1. The maximum absolute atomic E-state index is 5.97. The van der Waals surface area contributed by atoms with E-state index in [2.05, 4.69) is 11.6 Å². The van der Waals surface area contributed by atoms with Crippen molar-refractivity contribution in [1.29, 1.82) is 0 Å². The van der Waals surface area contributed by atoms with E-state index in [1.165, 1.54) is 5.01 Å². The lowest BCUT2D eigenvalue weighted by atomic mass is 10.0. The van der Waals surface area contributed by atoms with Crippen LogP contribution in [0.25, 0.3) is 5.57 Å². The fraction of sp³-hybridized carbons (Fsp3) is 0.0455. The van der Waals surface area contributed by atoms with Crippen LogP contribution in [0, 0.1) is 6.92 Å². The lowest BCUT2D eigenvalue weighted by Gasteiger charge is -2.20. The third kappa shape index (κ3) is 4.46. The quantitative estimate of drug-likeness (QED) is 0.405.